The zero-order chi connectivity index (χ0) is 10.9. The normalized spacial score (nSPS) is 13.9. The van der Waals surface area contributed by atoms with Gasteiger partial charge < -0.3 is 10.8 Å². The van der Waals surface area contributed by atoms with Crippen molar-refractivity contribution in [3.8, 4) is 0 Å². The Kier molecular flexibility index (Phi) is 4.31. The van der Waals surface area contributed by atoms with Gasteiger partial charge >= 0.3 is 5.97 Å². The van der Waals surface area contributed by atoms with Crippen LogP contribution in [0.1, 0.15) is 23.6 Å². The van der Waals surface area contributed by atoms with Crippen LogP contribution in [0.4, 0.5) is 0 Å². The van der Waals surface area contributed by atoms with Crippen LogP contribution < -0.4 is 5.73 Å². The van der Waals surface area contributed by atoms with E-state index in [1.54, 1.807) is 6.07 Å². The molecule has 0 amide bonds. The van der Waals surface area contributed by atoms with Crippen molar-refractivity contribution in [2.75, 3.05) is 0 Å². The van der Waals surface area contributed by atoms with Gasteiger partial charge in [0.25, 0.3) is 0 Å². The number of carbonyl (C=O) groups is 1. The number of nitrogens with two attached hydrogens (primary N) is 1. The second-order valence-corrected chi connectivity index (χ2v) is 3.83. The molecule has 1 aromatic rings. The quantitative estimate of drug-likeness (QED) is 0.815. The van der Waals surface area contributed by atoms with E-state index in [0.717, 1.165) is 11.1 Å². The van der Waals surface area contributed by atoms with E-state index in [1.165, 1.54) is 6.92 Å². The van der Waals surface area contributed by atoms with Crippen LogP contribution in [0.3, 0.4) is 0 Å². The lowest BCUT2D eigenvalue weighted by Gasteiger charge is -2.22. The molecule has 0 heterocycles. The number of benzene rings is 1. The van der Waals surface area contributed by atoms with Gasteiger partial charge in [-0.25, -0.2) is 4.79 Å². The van der Waals surface area contributed by atoms with Gasteiger partial charge in [-0.1, -0.05) is 23.8 Å². The number of aliphatic carboxylic acids is 1. The molecule has 0 aromatic heterocycles. The van der Waals surface area contributed by atoms with Crippen molar-refractivity contribution in [1.82, 2.24) is 0 Å². The SMILES string of the molecule is Cc1ccc(C(C)(N)C(=O)O)c(C)c1.Cl. The van der Waals surface area contributed by atoms with Crippen molar-refractivity contribution in [1.29, 1.82) is 0 Å². The molecule has 15 heavy (non-hydrogen) atoms. The molecular weight excluding hydrogens is 214 g/mol. The Bertz CT molecular complexity index is 375. The molecule has 0 aliphatic heterocycles. The molecule has 0 bridgehead atoms. The third kappa shape index (κ3) is 2.70. The predicted octanol–water partition coefficient (Wildman–Crippen LogP) is 1.98. The smallest absolute Gasteiger partial charge is 0.328 e. The highest BCUT2D eigenvalue weighted by molar-refractivity contribution is 5.85. The first-order chi connectivity index (χ1) is 6.35. The van der Waals surface area contributed by atoms with Gasteiger partial charge in [-0.2, -0.15) is 0 Å². The lowest BCUT2D eigenvalue weighted by Crippen LogP contribution is -2.42. The fraction of sp³-hybridized carbons (Fsp3) is 0.364. The van der Waals surface area contributed by atoms with E-state index < -0.39 is 11.5 Å². The van der Waals surface area contributed by atoms with Crippen molar-refractivity contribution in [3.05, 3.63) is 34.9 Å². The van der Waals surface area contributed by atoms with Crippen LogP contribution in [0, 0.1) is 13.8 Å². The van der Waals surface area contributed by atoms with E-state index >= 15 is 0 Å². The molecule has 3 N–H and O–H groups in total. The Balaban J connectivity index is 0.00000196. The van der Waals surface area contributed by atoms with Crippen molar-refractivity contribution in [2.24, 2.45) is 5.73 Å². The Morgan fingerprint density at radius 2 is 1.93 bits per heavy atom. The molecule has 0 aliphatic carbocycles. The van der Waals surface area contributed by atoms with Crippen LogP contribution in [0.2, 0.25) is 0 Å². The summed E-state index contributed by atoms with van der Waals surface area (Å²) in [5, 5.41) is 8.96. The van der Waals surface area contributed by atoms with Gasteiger partial charge in [0.1, 0.15) is 5.54 Å². The molecule has 0 spiro atoms. The summed E-state index contributed by atoms with van der Waals surface area (Å²) in [6, 6.07) is 5.58. The highest BCUT2D eigenvalue weighted by Gasteiger charge is 2.31. The molecule has 1 rings (SSSR count). The molecule has 4 heteroatoms. The van der Waals surface area contributed by atoms with Gasteiger partial charge in [-0.15, -0.1) is 12.4 Å². The molecule has 1 unspecified atom stereocenters. The molecular formula is C11H16ClNO2. The van der Waals surface area contributed by atoms with Crippen LogP contribution in [0.15, 0.2) is 18.2 Å². The van der Waals surface area contributed by atoms with Crippen LogP contribution in [-0.4, -0.2) is 11.1 Å². The second-order valence-electron chi connectivity index (χ2n) is 3.83. The van der Waals surface area contributed by atoms with Crippen LogP contribution >= 0.6 is 12.4 Å². The summed E-state index contributed by atoms with van der Waals surface area (Å²) in [5.74, 6) is -1.01. The van der Waals surface area contributed by atoms with Crippen molar-refractivity contribution < 1.29 is 9.90 Å². The van der Waals surface area contributed by atoms with E-state index in [1.807, 2.05) is 26.0 Å². The van der Waals surface area contributed by atoms with Gasteiger partial charge in [-0.05, 0) is 31.9 Å². The average Bonchev–Trinajstić information content (AvgIpc) is 2.02. The molecule has 84 valence electrons. The summed E-state index contributed by atoms with van der Waals surface area (Å²) in [7, 11) is 0. The fourth-order valence-corrected chi connectivity index (χ4v) is 1.51. The number of hydrogen-bond acceptors (Lipinski definition) is 2. The largest absolute Gasteiger partial charge is 0.480 e. The van der Waals surface area contributed by atoms with Crippen molar-refractivity contribution in [2.45, 2.75) is 26.3 Å². The molecule has 0 fully saturated rings. The minimum atomic E-state index is -1.31. The number of hydrogen-bond donors (Lipinski definition) is 2. The summed E-state index contributed by atoms with van der Waals surface area (Å²) in [4.78, 5) is 10.9. The number of aryl methyl sites for hydroxylation is 2. The van der Waals surface area contributed by atoms with E-state index in [-0.39, 0.29) is 12.4 Å². The molecule has 1 aromatic carbocycles. The topological polar surface area (TPSA) is 63.3 Å². The lowest BCUT2D eigenvalue weighted by atomic mass is 9.89. The Hall–Kier alpha value is -1.06. The predicted molar refractivity (Wildman–Crippen MR) is 62.3 cm³/mol. The van der Waals surface area contributed by atoms with Gasteiger partial charge in [0, 0.05) is 0 Å². The second kappa shape index (κ2) is 4.64. The number of rotatable bonds is 2. The molecule has 0 saturated heterocycles. The maximum Gasteiger partial charge on any atom is 0.328 e. The van der Waals surface area contributed by atoms with Gasteiger partial charge in [0.2, 0.25) is 0 Å². The maximum absolute atomic E-state index is 10.9. The number of carboxylic acid groups (broad SMARTS) is 1. The van der Waals surface area contributed by atoms with E-state index in [9.17, 15) is 4.79 Å². The molecule has 3 nitrogen and oxygen atoms in total. The summed E-state index contributed by atoms with van der Waals surface area (Å²) < 4.78 is 0. The van der Waals surface area contributed by atoms with Crippen LogP contribution in [-0.2, 0) is 10.3 Å². The van der Waals surface area contributed by atoms with Crippen molar-refractivity contribution >= 4 is 18.4 Å². The summed E-state index contributed by atoms with van der Waals surface area (Å²) >= 11 is 0. The fourth-order valence-electron chi connectivity index (χ4n) is 1.51. The Morgan fingerprint density at radius 1 is 1.40 bits per heavy atom. The van der Waals surface area contributed by atoms with E-state index in [2.05, 4.69) is 0 Å². The minimum Gasteiger partial charge on any atom is -0.480 e. The third-order valence-electron chi connectivity index (χ3n) is 2.39. The molecule has 1 atom stereocenters. The third-order valence-corrected chi connectivity index (χ3v) is 2.39. The van der Waals surface area contributed by atoms with Gasteiger partial charge in [-0.3, -0.25) is 0 Å². The first kappa shape index (κ1) is 13.9. The molecule has 0 radical (unpaired) electrons. The maximum atomic E-state index is 10.9. The summed E-state index contributed by atoms with van der Waals surface area (Å²) in [6.07, 6.45) is 0. The van der Waals surface area contributed by atoms with Crippen LogP contribution in [0.5, 0.6) is 0 Å². The van der Waals surface area contributed by atoms with Crippen LogP contribution in [0.25, 0.3) is 0 Å². The highest BCUT2D eigenvalue weighted by atomic mass is 35.5. The lowest BCUT2D eigenvalue weighted by molar-refractivity contribution is -0.143. The van der Waals surface area contributed by atoms with Crippen molar-refractivity contribution in [3.63, 3.8) is 0 Å². The average molecular weight is 230 g/mol. The summed E-state index contributed by atoms with van der Waals surface area (Å²) in [6.45, 7) is 5.34. The first-order valence-electron chi connectivity index (χ1n) is 4.45. The summed E-state index contributed by atoms with van der Waals surface area (Å²) in [5.41, 5.74) is 7.11. The standard InChI is InChI=1S/C11H15NO2.ClH/c1-7-4-5-9(8(2)6-7)11(3,12)10(13)14;/h4-6H,12H2,1-3H3,(H,13,14);1H. The zero-order valence-corrected chi connectivity index (χ0v) is 9.89. The first-order valence-corrected chi connectivity index (χ1v) is 4.45. The minimum absolute atomic E-state index is 0. The molecule has 0 aliphatic rings. The zero-order valence-electron chi connectivity index (χ0n) is 9.07. The molecule has 0 saturated carbocycles. The van der Waals surface area contributed by atoms with E-state index in [0.29, 0.717) is 5.56 Å². The van der Waals surface area contributed by atoms with Gasteiger partial charge in [0.15, 0.2) is 0 Å². The number of carboxylic acids is 1. The Labute approximate surface area is 95.7 Å². The van der Waals surface area contributed by atoms with E-state index in [4.69, 9.17) is 10.8 Å². The Morgan fingerprint density at radius 3 is 2.33 bits per heavy atom. The van der Waals surface area contributed by atoms with Gasteiger partial charge in [0.05, 0.1) is 0 Å². The number of halogens is 1. The highest BCUT2D eigenvalue weighted by Crippen LogP contribution is 2.22. The monoisotopic (exact) mass is 229 g/mol.